The molecule has 0 N–H and O–H groups in total. The molecule has 2 aliphatic rings. The number of hydrogen-bond acceptors (Lipinski definition) is 5. The van der Waals surface area contributed by atoms with Crippen molar-refractivity contribution in [2.45, 2.75) is 11.8 Å². The summed E-state index contributed by atoms with van der Waals surface area (Å²) in [7, 11) is 0.298. The highest BCUT2D eigenvalue weighted by Crippen LogP contribution is 2.39. The maximum absolute atomic E-state index is 13.1. The lowest BCUT2D eigenvalue weighted by atomic mass is 10.0. The van der Waals surface area contributed by atoms with Crippen LogP contribution in [0.4, 0.5) is 11.4 Å². The zero-order chi connectivity index (χ0) is 22.2. The molecule has 2 heterocycles. The van der Waals surface area contributed by atoms with Crippen molar-refractivity contribution in [2.75, 3.05) is 56.7 Å². The Morgan fingerprint density at radius 3 is 2.35 bits per heavy atom. The topological polar surface area (TPSA) is 70.2 Å². The molecule has 1 saturated heterocycles. The minimum absolute atomic E-state index is 0.116. The van der Waals surface area contributed by atoms with Gasteiger partial charge in [0.15, 0.2) is 0 Å². The number of fused-ring (bicyclic) bond motifs is 1. The zero-order valence-corrected chi connectivity index (χ0v) is 18.9. The molecule has 7 nitrogen and oxygen atoms in total. The van der Waals surface area contributed by atoms with E-state index in [9.17, 15) is 13.2 Å². The number of hydrogen-bond donors (Lipinski definition) is 0. The number of carbonyl (C=O) groups excluding carboxylic acids is 1. The number of rotatable bonds is 5. The second kappa shape index (κ2) is 8.45. The first-order valence-corrected chi connectivity index (χ1v) is 11.8. The number of likely N-dealkylation sites (N-methyl/N-ethyl adjacent to an activating group) is 1. The molecule has 1 amide bonds. The number of nitrogens with zero attached hydrogens (tertiary/aromatic N) is 3. The minimum atomic E-state index is -3.65. The van der Waals surface area contributed by atoms with Crippen LogP contribution in [-0.4, -0.2) is 65.6 Å². The first-order valence-electron chi connectivity index (χ1n) is 10.4. The van der Waals surface area contributed by atoms with Crippen LogP contribution in [0.2, 0.25) is 0 Å². The van der Waals surface area contributed by atoms with E-state index in [4.69, 9.17) is 4.74 Å². The van der Waals surface area contributed by atoms with Gasteiger partial charge in [-0.15, -0.1) is 0 Å². The Bertz CT molecular complexity index is 1120. The molecule has 0 unspecified atom stereocenters. The molecule has 2 aromatic rings. The van der Waals surface area contributed by atoms with Gasteiger partial charge in [-0.05, 0) is 48.9 Å². The highest BCUT2D eigenvalue weighted by atomic mass is 32.2. The van der Waals surface area contributed by atoms with Crippen molar-refractivity contribution in [1.29, 1.82) is 0 Å². The van der Waals surface area contributed by atoms with E-state index in [2.05, 4.69) is 0 Å². The molecule has 1 fully saturated rings. The van der Waals surface area contributed by atoms with E-state index in [-0.39, 0.29) is 10.8 Å². The van der Waals surface area contributed by atoms with Crippen LogP contribution in [-0.2, 0) is 19.6 Å². The maximum atomic E-state index is 13.1. The maximum Gasteiger partial charge on any atom is 0.258 e. The summed E-state index contributed by atoms with van der Waals surface area (Å²) >= 11 is 0. The molecule has 0 aliphatic carbocycles. The molecular formula is C23H27N3O4S. The van der Waals surface area contributed by atoms with Crippen molar-refractivity contribution >= 4 is 39.0 Å². The number of ether oxygens (including phenoxy) is 1. The van der Waals surface area contributed by atoms with Crippen LogP contribution in [0.5, 0.6) is 0 Å². The molecule has 0 spiro atoms. The van der Waals surface area contributed by atoms with Gasteiger partial charge in [-0.2, -0.15) is 4.31 Å². The summed E-state index contributed by atoms with van der Waals surface area (Å²) in [5.74, 6) is -0.116. The first kappa shape index (κ1) is 21.5. The SMILES string of the molecule is CCN1C(=O)/C(=C/c2ccc(N(C)C)cc2)c2cc(S(=O)(=O)N3CCOCC3)ccc21. The molecule has 0 aromatic heterocycles. The zero-order valence-electron chi connectivity index (χ0n) is 18.0. The summed E-state index contributed by atoms with van der Waals surface area (Å²) in [6.07, 6.45) is 1.83. The second-order valence-corrected chi connectivity index (χ2v) is 9.73. The van der Waals surface area contributed by atoms with Gasteiger partial charge in [-0.1, -0.05) is 12.1 Å². The Kier molecular flexibility index (Phi) is 5.88. The van der Waals surface area contributed by atoms with Gasteiger partial charge in [0.1, 0.15) is 0 Å². The average Bonchev–Trinajstić information content (AvgIpc) is 3.04. The summed E-state index contributed by atoms with van der Waals surface area (Å²) in [6.45, 7) is 3.87. The highest BCUT2D eigenvalue weighted by Gasteiger charge is 2.34. The number of carbonyl (C=O) groups is 1. The summed E-state index contributed by atoms with van der Waals surface area (Å²) in [6, 6.07) is 12.9. The fourth-order valence-corrected chi connectivity index (χ4v) is 5.36. The summed E-state index contributed by atoms with van der Waals surface area (Å²) in [5.41, 5.74) is 3.85. The molecule has 4 rings (SSSR count). The van der Waals surface area contributed by atoms with Gasteiger partial charge in [-0.3, -0.25) is 4.79 Å². The van der Waals surface area contributed by atoms with Crippen molar-refractivity contribution in [3.05, 3.63) is 53.6 Å². The second-order valence-electron chi connectivity index (χ2n) is 7.79. The third-order valence-electron chi connectivity index (χ3n) is 5.67. The quantitative estimate of drug-likeness (QED) is 0.668. The van der Waals surface area contributed by atoms with Crippen LogP contribution >= 0.6 is 0 Å². The van der Waals surface area contributed by atoms with E-state index in [1.807, 2.05) is 56.3 Å². The highest BCUT2D eigenvalue weighted by molar-refractivity contribution is 7.89. The lowest BCUT2D eigenvalue weighted by Gasteiger charge is -2.26. The van der Waals surface area contributed by atoms with Gasteiger partial charge >= 0.3 is 0 Å². The van der Waals surface area contributed by atoms with Crippen molar-refractivity contribution in [2.24, 2.45) is 0 Å². The van der Waals surface area contributed by atoms with Crippen LogP contribution in [0.15, 0.2) is 47.4 Å². The Balaban J connectivity index is 1.76. The van der Waals surface area contributed by atoms with Gasteiger partial charge in [0.2, 0.25) is 10.0 Å². The fourth-order valence-electron chi connectivity index (χ4n) is 3.92. The van der Waals surface area contributed by atoms with Gasteiger partial charge in [0.05, 0.1) is 23.8 Å². The minimum Gasteiger partial charge on any atom is -0.379 e. The third kappa shape index (κ3) is 3.98. The lowest BCUT2D eigenvalue weighted by Crippen LogP contribution is -2.40. The van der Waals surface area contributed by atoms with Crippen molar-refractivity contribution in [3.63, 3.8) is 0 Å². The van der Waals surface area contributed by atoms with Gasteiger partial charge < -0.3 is 14.5 Å². The van der Waals surface area contributed by atoms with Crippen LogP contribution in [0, 0.1) is 0 Å². The van der Waals surface area contributed by atoms with Crippen LogP contribution in [0.3, 0.4) is 0 Å². The van der Waals surface area contributed by atoms with Crippen LogP contribution in [0.25, 0.3) is 11.6 Å². The predicted molar refractivity (Wildman–Crippen MR) is 123 cm³/mol. The molecule has 0 radical (unpaired) electrons. The summed E-state index contributed by atoms with van der Waals surface area (Å²) < 4.78 is 33.0. The molecule has 2 aliphatic heterocycles. The number of amides is 1. The molecule has 2 aromatic carbocycles. The Morgan fingerprint density at radius 2 is 1.74 bits per heavy atom. The molecule has 164 valence electrons. The predicted octanol–water partition coefficient (Wildman–Crippen LogP) is 2.68. The van der Waals surface area contributed by atoms with Crippen LogP contribution in [0.1, 0.15) is 18.1 Å². The van der Waals surface area contributed by atoms with Crippen molar-refractivity contribution in [3.8, 4) is 0 Å². The van der Waals surface area contributed by atoms with E-state index < -0.39 is 10.0 Å². The van der Waals surface area contributed by atoms with Gasteiger partial charge in [0.25, 0.3) is 5.91 Å². The summed E-state index contributed by atoms with van der Waals surface area (Å²) in [4.78, 5) is 17.0. The smallest absolute Gasteiger partial charge is 0.258 e. The van der Waals surface area contributed by atoms with Crippen molar-refractivity contribution in [1.82, 2.24) is 4.31 Å². The lowest BCUT2D eigenvalue weighted by molar-refractivity contribution is -0.112. The van der Waals surface area contributed by atoms with E-state index in [1.165, 1.54) is 4.31 Å². The van der Waals surface area contributed by atoms with E-state index in [0.29, 0.717) is 44.0 Å². The normalized spacial score (nSPS) is 18.5. The number of sulfonamides is 1. The number of anilines is 2. The van der Waals surface area contributed by atoms with E-state index in [0.717, 1.165) is 16.9 Å². The monoisotopic (exact) mass is 441 g/mol. The van der Waals surface area contributed by atoms with Crippen LogP contribution < -0.4 is 9.80 Å². The third-order valence-corrected chi connectivity index (χ3v) is 7.56. The molecular weight excluding hydrogens is 414 g/mol. The molecule has 8 heteroatoms. The standard InChI is InChI=1S/C23H27N3O4S/c1-4-26-22-10-9-19(31(28,29)25-11-13-30-14-12-25)16-20(22)21(23(26)27)15-17-5-7-18(8-6-17)24(2)3/h5-10,15-16H,4,11-14H2,1-3H3/b21-15+. The first-order chi connectivity index (χ1) is 14.8. The molecule has 31 heavy (non-hydrogen) atoms. The number of morpholine rings is 1. The van der Waals surface area contributed by atoms with Gasteiger partial charge in [0, 0.05) is 50.6 Å². The van der Waals surface area contributed by atoms with Gasteiger partial charge in [-0.25, -0.2) is 8.42 Å². The average molecular weight is 442 g/mol. The molecule has 0 bridgehead atoms. The number of benzene rings is 2. The fraction of sp³-hybridized carbons (Fsp3) is 0.348. The molecule has 0 saturated carbocycles. The largest absolute Gasteiger partial charge is 0.379 e. The Labute approximate surface area is 183 Å². The Hall–Kier alpha value is -2.68. The van der Waals surface area contributed by atoms with E-state index >= 15 is 0 Å². The summed E-state index contributed by atoms with van der Waals surface area (Å²) in [5, 5.41) is 0. The Morgan fingerprint density at radius 1 is 1.06 bits per heavy atom. The van der Waals surface area contributed by atoms with Crippen molar-refractivity contribution < 1.29 is 17.9 Å². The van der Waals surface area contributed by atoms with E-state index in [1.54, 1.807) is 23.1 Å². The molecule has 0 atom stereocenters.